The van der Waals surface area contributed by atoms with Gasteiger partial charge in [0, 0.05) is 5.75 Å². The molecule has 0 saturated heterocycles. The molecule has 1 aromatic heterocycles. The van der Waals surface area contributed by atoms with Crippen molar-refractivity contribution in [2.75, 3.05) is 5.75 Å². The Bertz CT molecular complexity index is 769. The minimum atomic E-state index is -0.564. The van der Waals surface area contributed by atoms with Crippen molar-refractivity contribution >= 4 is 23.9 Å². The summed E-state index contributed by atoms with van der Waals surface area (Å²) < 4.78 is 11.1. The number of nitrogens with one attached hydrogen (secondary N) is 1. The van der Waals surface area contributed by atoms with Gasteiger partial charge in [-0.3, -0.25) is 0 Å². The van der Waals surface area contributed by atoms with Gasteiger partial charge in [0.25, 0.3) is 5.22 Å². The lowest BCUT2D eigenvalue weighted by atomic mass is 9.99. The third-order valence-corrected chi connectivity index (χ3v) is 4.76. The normalized spacial score (nSPS) is 14.0. The molecule has 0 spiro atoms. The maximum atomic E-state index is 12.2. The largest absolute Gasteiger partial charge is 0.444 e. The SMILES string of the molecule is CCC(C)C(NC(=O)OC(C)(C)C)c1nnc(SC/C=C/c2ccccc2)o1. The van der Waals surface area contributed by atoms with Crippen molar-refractivity contribution < 1.29 is 13.9 Å². The van der Waals surface area contributed by atoms with Crippen LogP contribution >= 0.6 is 11.8 Å². The van der Waals surface area contributed by atoms with Crippen LogP contribution in [0, 0.1) is 5.92 Å². The van der Waals surface area contributed by atoms with E-state index >= 15 is 0 Å². The van der Waals surface area contributed by atoms with Crippen LogP contribution in [0.15, 0.2) is 46.0 Å². The molecule has 0 aliphatic rings. The number of alkyl carbamates (subject to hydrolysis) is 1. The number of amides is 1. The topological polar surface area (TPSA) is 77.2 Å². The lowest BCUT2D eigenvalue weighted by Gasteiger charge is -2.24. The van der Waals surface area contributed by atoms with Crippen LogP contribution in [0.4, 0.5) is 4.79 Å². The number of hydrogen-bond donors (Lipinski definition) is 1. The molecule has 2 unspecified atom stereocenters. The van der Waals surface area contributed by atoms with Crippen molar-refractivity contribution in [1.29, 1.82) is 0 Å². The van der Waals surface area contributed by atoms with E-state index in [4.69, 9.17) is 9.15 Å². The molecule has 0 saturated carbocycles. The lowest BCUT2D eigenvalue weighted by molar-refractivity contribution is 0.0474. The average Bonchev–Trinajstić information content (AvgIpc) is 3.10. The van der Waals surface area contributed by atoms with Crippen LogP contribution < -0.4 is 5.32 Å². The Morgan fingerprint density at radius 3 is 2.64 bits per heavy atom. The molecule has 1 heterocycles. The number of ether oxygens (including phenoxy) is 1. The van der Waals surface area contributed by atoms with Gasteiger partial charge >= 0.3 is 6.09 Å². The smallest absolute Gasteiger partial charge is 0.408 e. The number of aromatic nitrogens is 2. The van der Waals surface area contributed by atoms with E-state index in [1.54, 1.807) is 0 Å². The standard InChI is InChI=1S/C21H29N3O3S/c1-6-15(2)17(22-19(25)27-21(3,4)5)18-23-24-20(26-18)28-14-10-13-16-11-8-7-9-12-16/h7-13,15,17H,6,14H2,1-5H3,(H,22,25)/b13-10+. The van der Waals surface area contributed by atoms with Crippen LogP contribution in [-0.4, -0.2) is 27.6 Å². The maximum absolute atomic E-state index is 12.2. The summed E-state index contributed by atoms with van der Waals surface area (Å²) in [5, 5.41) is 11.6. The second-order valence-electron chi connectivity index (χ2n) is 7.54. The summed E-state index contributed by atoms with van der Waals surface area (Å²) in [5.74, 6) is 1.24. The highest BCUT2D eigenvalue weighted by Crippen LogP contribution is 2.27. The molecular formula is C21H29N3O3S. The maximum Gasteiger partial charge on any atom is 0.408 e. The number of carbonyl (C=O) groups excluding carboxylic acids is 1. The third-order valence-electron chi connectivity index (χ3n) is 3.99. The second-order valence-corrected chi connectivity index (χ2v) is 8.51. The van der Waals surface area contributed by atoms with Gasteiger partial charge in [-0.25, -0.2) is 4.79 Å². The molecule has 2 aromatic rings. The van der Waals surface area contributed by atoms with Crippen molar-refractivity contribution in [3.05, 3.63) is 47.9 Å². The molecule has 1 amide bonds. The molecule has 28 heavy (non-hydrogen) atoms. The zero-order valence-electron chi connectivity index (χ0n) is 17.1. The minimum absolute atomic E-state index is 0.129. The van der Waals surface area contributed by atoms with E-state index in [0.29, 0.717) is 16.9 Å². The lowest BCUT2D eigenvalue weighted by Crippen LogP contribution is -2.37. The zero-order chi connectivity index (χ0) is 20.6. The fraction of sp³-hybridized carbons (Fsp3) is 0.476. The van der Waals surface area contributed by atoms with E-state index in [2.05, 4.69) is 34.6 Å². The van der Waals surface area contributed by atoms with Crippen molar-refractivity contribution in [3.63, 3.8) is 0 Å². The first-order valence-electron chi connectivity index (χ1n) is 9.45. The van der Waals surface area contributed by atoms with E-state index in [1.165, 1.54) is 11.8 Å². The van der Waals surface area contributed by atoms with Gasteiger partial charge in [0.05, 0.1) is 0 Å². The quantitative estimate of drug-likeness (QED) is 0.588. The summed E-state index contributed by atoms with van der Waals surface area (Å²) in [6.07, 6.45) is 4.46. The molecule has 0 fully saturated rings. The van der Waals surface area contributed by atoms with Crippen molar-refractivity contribution in [3.8, 4) is 0 Å². The first kappa shape index (κ1) is 22.0. The molecule has 0 aliphatic heterocycles. The summed E-state index contributed by atoms with van der Waals surface area (Å²) >= 11 is 1.46. The van der Waals surface area contributed by atoms with E-state index in [0.717, 1.165) is 12.0 Å². The van der Waals surface area contributed by atoms with Gasteiger partial charge in [-0.05, 0) is 32.3 Å². The van der Waals surface area contributed by atoms with Crippen LogP contribution in [0.2, 0.25) is 0 Å². The minimum Gasteiger partial charge on any atom is -0.444 e. The Labute approximate surface area is 171 Å². The fourth-order valence-electron chi connectivity index (χ4n) is 2.39. The van der Waals surface area contributed by atoms with Gasteiger partial charge in [0.2, 0.25) is 5.89 Å². The van der Waals surface area contributed by atoms with Gasteiger partial charge < -0.3 is 14.5 Å². The van der Waals surface area contributed by atoms with E-state index in [-0.39, 0.29) is 12.0 Å². The average molecular weight is 404 g/mol. The Morgan fingerprint density at radius 1 is 1.29 bits per heavy atom. The Kier molecular flexibility index (Phi) is 8.11. The molecule has 1 N–H and O–H groups in total. The van der Waals surface area contributed by atoms with Crippen molar-refractivity contribution in [1.82, 2.24) is 15.5 Å². The monoisotopic (exact) mass is 403 g/mol. The number of nitrogens with zero attached hydrogens (tertiary/aromatic N) is 2. The van der Waals surface area contributed by atoms with Crippen LogP contribution in [0.1, 0.15) is 58.5 Å². The number of rotatable bonds is 8. The molecular weight excluding hydrogens is 374 g/mol. The molecule has 0 bridgehead atoms. The molecule has 0 aliphatic carbocycles. The fourth-order valence-corrected chi connectivity index (χ4v) is 2.97. The highest BCUT2D eigenvalue weighted by molar-refractivity contribution is 7.99. The van der Waals surface area contributed by atoms with Gasteiger partial charge in [0.1, 0.15) is 11.6 Å². The van der Waals surface area contributed by atoms with Gasteiger partial charge in [-0.15, -0.1) is 10.2 Å². The van der Waals surface area contributed by atoms with Crippen molar-refractivity contribution in [2.24, 2.45) is 5.92 Å². The van der Waals surface area contributed by atoms with Crippen LogP contribution in [0.25, 0.3) is 6.08 Å². The van der Waals surface area contributed by atoms with E-state index in [9.17, 15) is 4.79 Å². The zero-order valence-corrected chi connectivity index (χ0v) is 18.0. The summed E-state index contributed by atoms with van der Waals surface area (Å²) in [6, 6.07) is 9.70. The number of carbonyl (C=O) groups is 1. The highest BCUT2D eigenvalue weighted by atomic mass is 32.2. The molecule has 2 rings (SSSR count). The van der Waals surface area contributed by atoms with Crippen LogP contribution in [0.5, 0.6) is 0 Å². The Hall–Kier alpha value is -2.28. The van der Waals surface area contributed by atoms with E-state index < -0.39 is 11.7 Å². The third kappa shape index (κ3) is 7.38. The molecule has 152 valence electrons. The summed E-state index contributed by atoms with van der Waals surface area (Å²) in [4.78, 5) is 12.2. The molecule has 6 nitrogen and oxygen atoms in total. The predicted octanol–water partition coefficient (Wildman–Crippen LogP) is 5.49. The summed E-state index contributed by atoms with van der Waals surface area (Å²) in [7, 11) is 0. The molecule has 1 aromatic carbocycles. The highest BCUT2D eigenvalue weighted by Gasteiger charge is 2.28. The summed E-state index contributed by atoms with van der Waals surface area (Å²) in [5.41, 5.74) is 0.582. The van der Waals surface area contributed by atoms with Crippen molar-refractivity contribution in [2.45, 2.75) is 57.9 Å². The van der Waals surface area contributed by atoms with Crippen LogP contribution in [-0.2, 0) is 4.74 Å². The van der Waals surface area contributed by atoms with Gasteiger partial charge in [0.15, 0.2) is 0 Å². The van der Waals surface area contributed by atoms with E-state index in [1.807, 2.05) is 58.0 Å². The van der Waals surface area contributed by atoms with Crippen LogP contribution in [0.3, 0.4) is 0 Å². The van der Waals surface area contributed by atoms with Gasteiger partial charge in [-0.2, -0.15) is 0 Å². The molecule has 0 radical (unpaired) electrons. The molecule has 7 heteroatoms. The number of hydrogen-bond acceptors (Lipinski definition) is 6. The molecule has 2 atom stereocenters. The predicted molar refractivity (Wildman–Crippen MR) is 112 cm³/mol. The Balaban J connectivity index is 1.97. The number of benzene rings is 1. The number of thioether (sulfide) groups is 1. The summed E-state index contributed by atoms with van der Waals surface area (Å²) in [6.45, 7) is 9.57. The van der Waals surface area contributed by atoms with Gasteiger partial charge in [-0.1, -0.05) is 74.5 Å². The first-order chi connectivity index (χ1) is 13.3. The second kappa shape index (κ2) is 10.3. The Morgan fingerprint density at radius 2 is 2.00 bits per heavy atom. The first-order valence-corrected chi connectivity index (χ1v) is 10.4.